The first-order chi connectivity index (χ1) is 9.50. The van der Waals surface area contributed by atoms with Crippen molar-refractivity contribution in [2.24, 2.45) is 0 Å². The molecule has 1 saturated heterocycles. The van der Waals surface area contributed by atoms with Gasteiger partial charge in [-0.25, -0.2) is 13.6 Å². The fourth-order valence-corrected chi connectivity index (χ4v) is 2.12. The molecule has 1 aromatic carbocycles. The molecule has 1 amide bonds. The van der Waals surface area contributed by atoms with Crippen molar-refractivity contribution in [3.63, 3.8) is 0 Å². The minimum Gasteiger partial charge on any atom is -0.478 e. The first kappa shape index (κ1) is 14.4. The van der Waals surface area contributed by atoms with Crippen molar-refractivity contribution in [3.8, 4) is 0 Å². The number of nitrogens with one attached hydrogen (secondary N) is 1. The highest BCUT2D eigenvalue weighted by atomic mass is 19.2. The molecule has 0 aliphatic carbocycles. The second-order valence-corrected chi connectivity index (χ2v) is 4.51. The quantitative estimate of drug-likeness (QED) is 0.853. The summed E-state index contributed by atoms with van der Waals surface area (Å²) < 4.78 is 26.4. The van der Waals surface area contributed by atoms with Crippen LogP contribution >= 0.6 is 0 Å². The molecule has 7 heteroatoms. The molecule has 1 aromatic rings. The molecule has 108 valence electrons. The van der Waals surface area contributed by atoms with E-state index in [4.69, 9.17) is 5.11 Å². The lowest BCUT2D eigenvalue weighted by atomic mass is 10.1. The Bertz CT molecular complexity index is 541. The highest BCUT2D eigenvalue weighted by molar-refractivity contribution is 6.04. The molecule has 0 aromatic heterocycles. The normalized spacial score (nSPS) is 15.8. The average molecular weight is 284 g/mol. The van der Waals surface area contributed by atoms with Gasteiger partial charge < -0.3 is 15.3 Å². The first-order valence-corrected chi connectivity index (χ1v) is 6.23. The van der Waals surface area contributed by atoms with Crippen LogP contribution in [-0.2, 0) is 0 Å². The summed E-state index contributed by atoms with van der Waals surface area (Å²) in [7, 11) is 0. The van der Waals surface area contributed by atoms with Crippen LogP contribution in [0.5, 0.6) is 0 Å². The van der Waals surface area contributed by atoms with Crippen molar-refractivity contribution < 1.29 is 23.5 Å². The summed E-state index contributed by atoms with van der Waals surface area (Å²) in [6.45, 7) is 2.19. The van der Waals surface area contributed by atoms with Crippen molar-refractivity contribution in [1.82, 2.24) is 10.2 Å². The number of benzene rings is 1. The number of aromatic carboxylic acids is 1. The zero-order chi connectivity index (χ0) is 14.7. The van der Waals surface area contributed by atoms with Gasteiger partial charge in [-0.05, 0) is 25.1 Å². The second-order valence-electron chi connectivity index (χ2n) is 4.51. The molecule has 0 atom stereocenters. The maximum atomic E-state index is 13.3. The highest BCUT2D eigenvalue weighted by Gasteiger charge is 2.24. The maximum Gasteiger partial charge on any atom is 0.336 e. The summed E-state index contributed by atoms with van der Waals surface area (Å²) in [6.07, 6.45) is 0.720. The van der Waals surface area contributed by atoms with Crippen molar-refractivity contribution in [2.45, 2.75) is 6.42 Å². The van der Waals surface area contributed by atoms with Crippen LogP contribution in [0.3, 0.4) is 0 Å². The van der Waals surface area contributed by atoms with Crippen molar-refractivity contribution >= 4 is 11.9 Å². The van der Waals surface area contributed by atoms with Gasteiger partial charge >= 0.3 is 5.97 Å². The fraction of sp³-hybridized carbons (Fsp3) is 0.385. The van der Waals surface area contributed by atoms with E-state index in [1.165, 1.54) is 4.90 Å². The molecule has 2 rings (SSSR count). The predicted molar refractivity (Wildman–Crippen MR) is 66.7 cm³/mol. The Morgan fingerprint density at radius 2 is 1.75 bits per heavy atom. The summed E-state index contributed by atoms with van der Waals surface area (Å²) >= 11 is 0. The molecular formula is C13H14F2N2O3. The summed E-state index contributed by atoms with van der Waals surface area (Å²) in [5.74, 6) is -4.56. The third-order valence-electron chi connectivity index (χ3n) is 3.15. The molecular weight excluding hydrogens is 270 g/mol. The van der Waals surface area contributed by atoms with Gasteiger partial charge in [-0.2, -0.15) is 0 Å². The molecule has 5 nitrogen and oxygen atoms in total. The molecule has 0 saturated carbocycles. The molecule has 1 heterocycles. The number of rotatable bonds is 2. The van der Waals surface area contributed by atoms with E-state index < -0.39 is 29.1 Å². The molecule has 2 N–H and O–H groups in total. The van der Waals surface area contributed by atoms with Gasteiger partial charge in [0.25, 0.3) is 5.91 Å². The maximum absolute atomic E-state index is 13.3. The van der Waals surface area contributed by atoms with Crippen LogP contribution in [0.15, 0.2) is 12.1 Å². The number of carboxylic acid groups (broad SMARTS) is 1. The second kappa shape index (κ2) is 5.96. The van der Waals surface area contributed by atoms with Gasteiger partial charge in [-0.3, -0.25) is 4.79 Å². The molecule has 0 radical (unpaired) electrons. The van der Waals surface area contributed by atoms with E-state index in [9.17, 15) is 18.4 Å². The molecule has 0 unspecified atom stereocenters. The number of halogens is 2. The summed E-state index contributed by atoms with van der Waals surface area (Å²) in [5.41, 5.74) is -0.843. The highest BCUT2D eigenvalue weighted by Crippen LogP contribution is 2.18. The number of carbonyl (C=O) groups excluding carboxylic acids is 1. The van der Waals surface area contributed by atoms with Gasteiger partial charge in [0, 0.05) is 19.6 Å². The SMILES string of the molecule is O=C(O)c1cc(F)c(F)cc1C(=O)N1CCCNCC1. The molecule has 0 spiro atoms. The van der Waals surface area contributed by atoms with Crippen LogP contribution in [-0.4, -0.2) is 48.1 Å². The number of hydrogen-bond acceptors (Lipinski definition) is 3. The average Bonchev–Trinajstić information content (AvgIpc) is 2.69. The lowest BCUT2D eigenvalue weighted by Crippen LogP contribution is -2.35. The van der Waals surface area contributed by atoms with E-state index >= 15 is 0 Å². The van der Waals surface area contributed by atoms with Crippen LogP contribution < -0.4 is 5.32 Å². The summed E-state index contributed by atoms with van der Waals surface area (Å²) in [6, 6.07) is 1.19. The monoisotopic (exact) mass is 284 g/mol. The molecule has 0 bridgehead atoms. The van der Waals surface area contributed by atoms with E-state index in [2.05, 4.69) is 5.32 Å². The molecule has 20 heavy (non-hydrogen) atoms. The standard InChI is InChI=1S/C13H14F2N2O3/c14-10-6-8(9(13(19)20)7-11(10)15)12(18)17-4-1-2-16-3-5-17/h6-7,16H,1-5H2,(H,19,20). The van der Waals surface area contributed by atoms with Crippen molar-refractivity contribution in [2.75, 3.05) is 26.2 Å². The Kier molecular flexibility index (Phi) is 4.29. The molecule has 1 aliphatic heterocycles. The van der Waals surface area contributed by atoms with Crippen molar-refractivity contribution in [3.05, 3.63) is 34.9 Å². The Labute approximate surface area is 114 Å². The number of carboxylic acids is 1. The van der Waals surface area contributed by atoms with E-state index in [0.29, 0.717) is 31.8 Å². The third-order valence-corrected chi connectivity index (χ3v) is 3.15. The predicted octanol–water partition coefficient (Wildman–Crippen LogP) is 1.10. The third kappa shape index (κ3) is 2.93. The molecule has 1 fully saturated rings. The fourth-order valence-electron chi connectivity index (χ4n) is 2.12. The lowest BCUT2D eigenvalue weighted by Gasteiger charge is -2.21. The first-order valence-electron chi connectivity index (χ1n) is 6.23. The Hall–Kier alpha value is -2.02. The van der Waals surface area contributed by atoms with Gasteiger partial charge in [0.15, 0.2) is 11.6 Å². The van der Waals surface area contributed by atoms with Gasteiger partial charge in [-0.1, -0.05) is 0 Å². The lowest BCUT2D eigenvalue weighted by molar-refractivity contribution is 0.0676. The van der Waals surface area contributed by atoms with E-state index in [0.717, 1.165) is 13.0 Å². The number of hydrogen-bond donors (Lipinski definition) is 2. The van der Waals surface area contributed by atoms with Gasteiger partial charge in [0.1, 0.15) is 0 Å². The van der Waals surface area contributed by atoms with Crippen LogP contribution in [0.1, 0.15) is 27.1 Å². The minimum absolute atomic E-state index is 0.321. The molecule has 1 aliphatic rings. The number of amides is 1. The Balaban J connectivity index is 2.37. The van der Waals surface area contributed by atoms with Crippen LogP contribution in [0.2, 0.25) is 0 Å². The summed E-state index contributed by atoms with van der Waals surface area (Å²) in [5, 5.41) is 12.1. The topological polar surface area (TPSA) is 69.6 Å². The Morgan fingerprint density at radius 1 is 1.10 bits per heavy atom. The number of nitrogens with zero attached hydrogens (tertiary/aromatic N) is 1. The largest absolute Gasteiger partial charge is 0.478 e. The number of carbonyl (C=O) groups is 2. The van der Waals surface area contributed by atoms with Crippen LogP contribution in [0.4, 0.5) is 8.78 Å². The minimum atomic E-state index is -1.46. The van der Waals surface area contributed by atoms with Crippen molar-refractivity contribution in [1.29, 1.82) is 0 Å². The van der Waals surface area contributed by atoms with E-state index in [1.54, 1.807) is 0 Å². The van der Waals surface area contributed by atoms with Gasteiger partial charge in [0.05, 0.1) is 11.1 Å². The van der Waals surface area contributed by atoms with Crippen LogP contribution in [0, 0.1) is 11.6 Å². The Morgan fingerprint density at radius 3 is 2.40 bits per heavy atom. The smallest absolute Gasteiger partial charge is 0.336 e. The van der Waals surface area contributed by atoms with Gasteiger partial charge in [-0.15, -0.1) is 0 Å². The summed E-state index contributed by atoms with van der Waals surface area (Å²) in [4.78, 5) is 24.8. The van der Waals surface area contributed by atoms with Gasteiger partial charge in [0.2, 0.25) is 0 Å². The zero-order valence-corrected chi connectivity index (χ0v) is 10.7. The van der Waals surface area contributed by atoms with E-state index in [-0.39, 0.29) is 5.56 Å². The zero-order valence-electron chi connectivity index (χ0n) is 10.7. The van der Waals surface area contributed by atoms with Crippen LogP contribution in [0.25, 0.3) is 0 Å². The van der Waals surface area contributed by atoms with E-state index in [1.807, 2.05) is 0 Å².